The summed E-state index contributed by atoms with van der Waals surface area (Å²) in [6, 6.07) is 7.92. The first-order chi connectivity index (χ1) is 13.1. The van der Waals surface area contributed by atoms with Crippen LogP contribution >= 0.6 is 0 Å². The third-order valence-electron chi connectivity index (χ3n) is 4.62. The van der Waals surface area contributed by atoms with Crippen molar-refractivity contribution in [2.45, 2.75) is 39.6 Å². The maximum atomic E-state index is 13.2. The van der Waals surface area contributed by atoms with Crippen LogP contribution in [0.3, 0.4) is 0 Å². The van der Waals surface area contributed by atoms with Gasteiger partial charge in [-0.3, -0.25) is 9.48 Å². The van der Waals surface area contributed by atoms with Gasteiger partial charge in [0.15, 0.2) is 0 Å². The number of carbonyl (C=O) groups is 1. The molecule has 0 spiro atoms. The first-order valence-corrected chi connectivity index (χ1v) is 9.05. The normalized spacial score (nSPS) is 16.7. The van der Waals surface area contributed by atoms with Crippen molar-refractivity contribution < 1.29 is 9.53 Å². The first-order valence-electron chi connectivity index (χ1n) is 9.05. The molecule has 0 saturated carbocycles. The zero-order chi connectivity index (χ0) is 18.8. The maximum absolute atomic E-state index is 13.2. The van der Waals surface area contributed by atoms with Crippen LogP contribution in [0.2, 0.25) is 0 Å². The number of hydrogen-bond donors (Lipinski definition) is 0. The van der Waals surface area contributed by atoms with Gasteiger partial charge in [0, 0.05) is 30.8 Å². The van der Waals surface area contributed by atoms with Crippen molar-refractivity contribution >= 4 is 5.91 Å². The Hall–Kier alpha value is -3.16. The highest BCUT2D eigenvalue weighted by Gasteiger charge is 2.29. The summed E-state index contributed by atoms with van der Waals surface area (Å²) in [6.07, 6.45) is 5.05. The molecule has 8 heteroatoms. The molecule has 0 N–H and O–H groups in total. The molecule has 1 amide bonds. The van der Waals surface area contributed by atoms with Gasteiger partial charge in [-0.15, -0.1) is 0 Å². The monoisotopic (exact) mass is 366 g/mol. The van der Waals surface area contributed by atoms with E-state index in [2.05, 4.69) is 19.6 Å². The molecular formula is C19H22N6O2. The van der Waals surface area contributed by atoms with Crippen LogP contribution in [0.5, 0.6) is 6.01 Å². The van der Waals surface area contributed by atoms with Gasteiger partial charge in [0.1, 0.15) is 11.8 Å². The molecule has 4 heterocycles. The number of fused-ring (bicyclic) bond motifs is 1. The van der Waals surface area contributed by atoms with Crippen LogP contribution in [0.25, 0.3) is 0 Å². The maximum Gasteiger partial charge on any atom is 0.316 e. The summed E-state index contributed by atoms with van der Waals surface area (Å²) in [4.78, 5) is 23.4. The van der Waals surface area contributed by atoms with Crippen LogP contribution in [-0.2, 0) is 19.6 Å². The minimum absolute atomic E-state index is 0.0466. The standard InChI is InChI=1S/C19H22N6O2/c1-3-25-17(10-14(2)22-25)18(26)24-11-15-6-4-9-23(15)12-16(13-24)27-19-20-7-5-8-21-19/h4-10,16H,3,11-13H2,1-2H3/t16-/m1/s1. The van der Waals surface area contributed by atoms with Crippen LogP contribution in [0.4, 0.5) is 0 Å². The zero-order valence-corrected chi connectivity index (χ0v) is 15.4. The predicted octanol–water partition coefficient (Wildman–Crippen LogP) is 1.91. The van der Waals surface area contributed by atoms with Crippen molar-refractivity contribution in [3.63, 3.8) is 0 Å². The number of hydrogen-bond acceptors (Lipinski definition) is 5. The lowest BCUT2D eigenvalue weighted by Gasteiger charge is -2.24. The van der Waals surface area contributed by atoms with E-state index in [0.717, 1.165) is 11.4 Å². The van der Waals surface area contributed by atoms with Gasteiger partial charge in [0.2, 0.25) is 0 Å². The van der Waals surface area contributed by atoms with E-state index in [4.69, 9.17) is 4.74 Å². The van der Waals surface area contributed by atoms with Crippen molar-refractivity contribution in [3.05, 3.63) is 59.9 Å². The Kier molecular flexibility index (Phi) is 4.62. The van der Waals surface area contributed by atoms with Gasteiger partial charge in [0.25, 0.3) is 5.91 Å². The second-order valence-electron chi connectivity index (χ2n) is 6.60. The van der Waals surface area contributed by atoms with E-state index in [0.29, 0.717) is 37.9 Å². The zero-order valence-electron chi connectivity index (χ0n) is 15.4. The van der Waals surface area contributed by atoms with Crippen molar-refractivity contribution in [1.82, 2.24) is 29.2 Å². The Labute approximate surface area is 157 Å². The number of carbonyl (C=O) groups excluding carboxylic acids is 1. The molecule has 1 atom stereocenters. The summed E-state index contributed by atoms with van der Waals surface area (Å²) in [5, 5.41) is 4.40. The van der Waals surface area contributed by atoms with Crippen LogP contribution < -0.4 is 4.74 Å². The van der Waals surface area contributed by atoms with Gasteiger partial charge >= 0.3 is 6.01 Å². The third-order valence-corrected chi connectivity index (χ3v) is 4.62. The molecule has 0 bridgehead atoms. The van der Waals surface area contributed by atoms with E-state index in [-0.39, 0.29) is 12.0 Å². The lowest BCUT2D eigenvalue weighted by atomic mass is 10.2. The van der Waals surface area contributed by atoms with E-state index >= 15 is 0 Å². The quantitative estimate of drug-likeness (QED) is 0.705. The summed E-state index contributed by atoms with van der Waals surface area (Å²) in [6.45, 7) is 6.14. The number of nitrogens with zero attached hydrogens (tertiary/aromatic N) is 6. The highest BCUT2D eigenvalue weighted by molar-refractivity contribution is 5.92. The summed E-state index contributed by atoms with van der Waals surface area (Å²) >= 11 is 0. The fourth-order valence-electron chi connectivity index (χ4n) is 3.40. The number of aromatic nitrogens is 5. The second kappa shape index (κ2) is 7.22. The lowest BCUT2D eigenvalue weighted by Crippen LogP contribution is -2.39. The molecule has 27 heavy (non-hydrogen) atoms. The molecule has 3 aromatic heterocycles. The van der Waals surface area contributed by atoms with E-state index in [1.54, 1.807) is 23.1 Å². The highest BCUT2D eigenvalue weighted by Crippen LogP contribution is 2.19. The van der Waals surface area contributed by atoms with E-state index < -0.39 is 0 Å². The van der Waals surface area contributed by atoms with Crippen LogP contribution in [0, 0.1) is 6.92 Å². The third kappa shape index (κ3) is 3.55. The molecule has 140 valence electrons. The van der Waals surface area contributed by atoms with Gasteiger partial charge in [0.05, 0.1) is 25.3 Å². The van der Waals surface area contributed by atoms with Gasteiger partial charge < -0.3 is 14.2 Å². The molecule has 0 aromatic carbocycles. The fraction of sp³-hybridized carbons (Fsp3) is 0.368. The summed E-state index contributed by atoms with van der Waals surface area (Å²) in [7, 11) is 0. The Bertz CT molecular complexity index is 933. The molecule has 3 aromatic rings. The Morgan fingerprint density at radius 1 is 1.26 bits per heavy atom. The minimum Gasteiger partial charge on any atom is -0.456 e. The predicted molar refractivity (Wildman–Crippen MR) is 98.3 cm³/mol. The summed E-state index contributed by atoms with van der Waals surface area (Å²) in [5.74, 6) is -0.0466. The van der Waals surface area contributed by atoms with Crippen LogP contribution in [-0.4, -0.2) is 47.8 Å². The number of amides is 1. The van der Waals surface area contributed by atoms with E-state index in [1.165, 1.54) is 0 Å². The molecule has 0 saturated heterocycles. The largest absolute Gasteiger partial charge is 0.456 e. The molecule has 0 fully saturated rings. The molecule has 0 unspecified atom stereocenters. The molecule has 0 radical (unpaired) electrons. The molecule has 1 aliphatic heterocycles. The fourth-order valence-corrected chi connectivity index (χ4v) is 3.40. The smallest absolute Gasteiger partial charge is 0.316 e. The van der Waals surface area contributed by atoms with E-state index in [1.807, 2.05) is 43.1 Å². The highest BCUT2D eigenvalue weighted by atomic mass is 16.5. The van der Waals surface area contributed by atoms with Gasteiger partial charge in [-0.1, -0.05) is 0 Å². The van der Waals surface area contributed by atoms with Gasteiger partial charge in [-0.2, -0.15) is 5.10 Å². The molecule has 0 aliphatic carbocycles. The van der Waals surface area contributed by atoms with Crippen LogP contribution in [0.15, 0.2) is 42.9 Å². The molecule has 8 nitrogen and oxygen atoms in total. The second-order valence-corrected chi connectivity index (χ2v) is 6.60. The van der Waals surface area contributed by atoms with Crippen molar-refractivity contribution in [2.24, 2.45) is 0 Å². The van der Waals surface area contributed by atoms with Crippen molar-refractivity contribution in [3.8, 4) is 6.01 Å². The number of ether oxygens (including phenoxy) is 1. The molecule has 4 rings (SSSR count). The average Bonchev–Trinajstić information content (AvgIpc) is 3.23. The SMILES string of the molecule is CCn1nc(C)cc1C(=O)N1Cc2cccn2C[C@@H](Oc2ncccn2)C1. The van der Waals surface area contributed by atoms with Gasteiger partial charge in [-0.25, -0.2) is 9.97 Å². The average molecular weight is 366 g/mol. The van der Waals surface area contributed by atoms with Crippen molar-refractivity contribution in [1.29, 1.82) is 0 Å². The minimum atomic E-state index is -0.246. The first kappa shape index (κ1) is 17.3. The molecular weight excluding hydrogens is 344 g/mol. The number of rotatable bonds is 4. The summed E-state index contributed by atoms with van der Waals surface area (Å²) in [5.41, 5.74) is 2.51. The van der Waals surface area contributed by atoms with E-state index in [9.17, 15) is 4.79 Å². The summed E-state index contributed by atoms with van der Waals surface area (Å²) < 4.78 is 9.84. The lowest BCUT2D eigenvalue weighted by molar-refractivity contribution is 0.0627. The van der Waals surface area contributed by atoms with Gasteiger partial charge in [-0.05, 0) is 38.1 Å². The number of aryl methyl sites for hydroxylation is 2. The van der Waals surface area contributed by atoms with Crippen LogP contribution in [0.1, 0.15) is 28.8 Å². The topological polar surface area (TPSA) is 78.1 Å². The van der Waals surface area contributed by atoms with Crippen molar-refractivity contribution in [2.75, 3.05) is 6.54 Å². The Morgan fingerprint density at radius 3 is 2.85 bits per heavy atom. The Morgan fingerprint density at radius 2 is 2.07 bits per heavy atom. The molecule has 1 aliphatic rings. The Balaban J connectivity index is 1.62.